The molecule has 0 atom stereocenters. The van der Waals surface area contributed by atoms with E-state index in [1.54, 1.807) is 0 Å². The van der Waals surface area contributed by atoms with Gasteiger partial charge in [0.15, 0.2) is 25.5 Å². The van der Waals surface area contributed by atoms with E-state index in [4.69, 9.17) is 19.7 Å². The summed E-state index contributed by atoms with van der Waals surface area (Å²) in [5.41, 5.74) is 4.85. The highest BCUT2D eigenvalue weighted by atomic mass is 28.3. The van der Waals surface area contributed by atoms with E-state index in [1.165, 1.54) is 20.7 Å². The number of hydrogen-bond donors (Lipinski definition) is 0. The van der Waals surface area contributed by atoms with Gasteiger partial charge in [0.1, 0.15) is 11.5 Å². The van der Waals surface area contributed by atoms with E-state index in [9.17, 15) is 0 Å². The third-order valence-corrected chi connectivity index (χ3v) is 14.3. The SMILES string of the molecule is c1ccc(-c2nc(-c3ccccc3)nc(-c3cccc(-c4cccc5c4Oc4ccccc4[Si]5(c4ccccc4)c4ccccc4)c3)n2)cc1. The Morgan fingerprint density at radius 2 is 0.800 bits per heavy atom. The summed E-state index contributed by atoms with van der Waals surface area (Å²) in [5, 5.41) is 5.12. The third-order valence-electron chi connectivity index (χ3n) is 9.47. The molecule has 0 aliphatic carbocycles. The molecule has 4 nitrogen and oxygen atoms in total. The highest BCUT2D eigenvalue weighted by Crippen LogP contribution is 2.38. The molecule has 0 spiro atoms. The zero-order chi connectivity index (χ0) is 33.3. The van der Waals surface area contributed by atoms with Gasteiger partial charge in [-0.3, -0.25) is 0 Å². The Bertz CT molecular complexity index is 2360. The molecule has 1 aliphatic heterocycles. The van der Waals surface area contributed by atoms with Gasteiger partial charge >= 0.3 is 0 Å². The standard InChI is InChI=1S/C45H31N3OSi/c1-5-17-32(18-6-1)43-46-44(33-19-7-2-8-20-33)48-45(47-43)35-22-15-21-34(31-35)38-27-16-30-41-42(38)49-39-28-13-14-29-40(39)50(41,36-23-9-3-10-24-36)37-25-11-4-12-26-37/h1-31H. The van der Waals surface area contributed by atoms with Crippen molar-refractivity contribution in [2.75, 3.05) is 0 Å². The average molecular weight is 658 g/mol. The van der Waals surface area contributed by atoms with Crippen LogP contribution in [0.15, 0.2) is 188 Å². The van der Waals surface area contributed by atoms with Crippen molar-refractivity contribution in [3.05, 3.63) is 188 Å². The predicted molar refractivity (Wildman–Crippen MR) is 205 cm³/mol. The molecule has 1 aromatic heterocycles. The summed E-state index contributed by atoms with van der Waals surface area (Å²) < 4.78 is 6.95. The lowest BCUT2D eigenvalue weighted by atomic mass is 10.0. The first-order chi connectivity index (χ1) is 24.8. The number of nitrogens with zero attached hydrogens (tertiary/aromatic N) is 3. The monoisotopic (exact) mass is 657 g/mol. The van der Waals surface area contributed by atoms with Crippen LogP contribution >= 0.6 is 0 Å². The zero-order valence-corrected chi connectivity index (χ0v) is 28.1. The number of aromatic nitrogens is 3. The molecule has 236 valence electrons. The van der Waals surface area contributed by atoms with E-state index in [0.29, 0.717) is 17.5 Å². The molecule has 5 heteroatoms. The first kappa shape index (κ1) is 29.7. The molecule has 0 saturated heterocycles. The van der Waals surface area contributed by atoms with Crippen LogP contribution in [0.4, 0.5) is 0 Å². The largest absolute Gasteiger partial charge is 0.457 e. The van der Waals surface area contributed by atoms with Crippen molar-refractivity contribution >= 4 is 28.8 Å². The lowest BCUT2D eigenvalue weighted by Gasteiger charge is -2.40. The fourth-order valence-electron chi connectivity index (χ4n) is 7.22. The summed E-state index contributed by atoms with van der Waals surface area (Å²) in [5.74, 6) is 3.69. The minimum Gasteiger partial charge on any atom is -0.457 e. The Morgan fingerprint density at radius 3 is 1.40 bits per heavy atom. The lowest BCUT2D eigenvalue weighted by Crippen LogP contribution is -2.76. The minimum absolute atomic E-state index is 0.618. The predicted octanol–water partition coefficient (Wildman–Crippen LogP) is 8.02. The van der Waals surface area contributed by atoms with Gasteiger partial charge in [-0.15, -0.1) is 0 Å². The van der Waals surface area contributed by atoms with E-state index in [-0.39, 0.29) is 0 Å². The Morgan fingerprint density at radius 1 is 0.360 bits per heavy atom. The fraction of sp³-hybridized carbons (Fsp3) is 0. The van der Waals surface area contributed by atoms with Gasteiger partial charge in [-0.05, 0) is 38.4 Å². The van der Waals surface area contributed by atoms with E-state index in [0.717, 1.165) is 39.3 Å². The van der Waals surface area contributed by atoms with Gasteiger partial charge in [0.2, 0.25) is 0 Å². The normalized spacial score (nSPS) is 12.7. The van der Waals surface area contributed by atoms with Crippen molar-refractivity contribution in [2.24, 2.45) is 0 Å². The average Bonchev–Trinajstić information content (AvgIpc) is 3.21. The van der Waals surface area contributed by atoms with Gasteiger partial charge < -0.3 is 4.74 Å². The second-order valence-corrected chi connectivity index (χ2v) is 16.1. The Kier molecular flexibility index (Phi) is 7.45. The van der Waals surface area contributed by atoms with Gasteiger partial charge in [0, 0.05) is 22.3 Å². The van der Waals surface area contributed by atoms with Crippen molar-refractivity contribution in [2.45, 2.75) is 0 Å². The molecule has 0 radical (unpaired) electrons. The highest BCUT2D eigenvalue weighted by molar-refractivity contribution is 7.20. The van der Waals surface area contributed by atoms with Crippen molar-refractivity contribution in [1.82, 2.24) is 15.0 Å². The number of para-hydroxylation sites is 2. The Hall–Kier alpha value is -6.43. The van der Waals surface area contributed by atoms with Gasteiger partial charge in [-0.25, -0.2) is 15.0 Å². The molecule has 7 aromatic carbocycles. The second kappa shape index (κ2) is 12.5. The number of rotatable bonds is 6. The zero-order valence-electron chi connectivity index (χ0n) is 27.1. The number of hydrogen-bond acceptors (Lipinski definition) is 4. The second-order valence-electron chi connectivity index (χ2n) is 12.4. The van der Waals surface area contributed by atoms with Crippen LogP contribution in [-0.2, 0) is 0 Å². The molecule has 50 heavy (non-hydrogen) atoms. The van der Waals surface area contributed by atoms with E-state index in [2.05, 4.69) is 127 Å². The lowest BCUT2D eigenvalue weighted by molar-refractivity contribution is 0.489. The van der Waals surface area contributed by atoms with Gasteiger partial charge in [-0.2, -0.15) is 0 Å². The molecule has 1 aliphatic rings. The summed E-state index contributed by atoms with van der Waals surface area (Å²) in [4.78, 5) is 14.9. The minimum atomic E-state index is -2.77. The van der Waals surface area contributed by atoms with Crippen LogP contribution in [-0.4, -0.2) is 23.0 Å². The molecule has 8 aromatic rings. The van der Waals surface area contributed by atoms with Crippen LogP contribution in [0.5, 0.6) is 11.5 Å². The van der Waals surface area contributed by atoms with Crippen molar-refractivity contribution in [3.63, 3.8) is 0 Å². The fourth-order valence-corrected chi connectivity index (χ4v) is 12.2. The quantitative estimate of drug-likeness (QED) is 0.170. The number of ether oxygens (including phenoxy) is 1. The number of fused-ring (bicyclic) bond motifs is 2. The molecule has 0 bridgehead atoms. The molecule has 2 heterocycles. The number of benzene rings is 7. The Labute approximate surface area is 292 Å². The maximum atomic E-state index is 6.95. The van der Waals surface area contributed by atoms with Crippen LogP contribution in [0.3, 0.4) is 0 Å². The van der Waals surface area contributed by atoms with E-state index < -0.39 is 8.07 Å². The van der Waals surface area contributed by atoms with E-state index >= 15 is 0 Å². The van der Waals surface area contributed by atoms with Gasteiger partial charge in [-0.1, -0.05) is 176 Å². The first-order valence-electron chi connectivity index (χ1n) is 16.8. The molecule has 0 amide bonds. The van der Waals surface area contributed by atoms with Gasteiger partial charge in [0.05, 0.1) is 0 Å². The maximum absolute atomic E-state index is 6.95. The summed E-state index contributed by atoms with van der Waals surface area (Å²) in [6, 6.07) is 65.8. The summed E-state index contributed by atoms with van der Waals surface area (Å²) in [7, 11) is -2.77. The van der Waals surface area contributed by atoms with Crippen molar-refractivity contribution in [1.29, 1.82) is 0 Å². The summed E-state index contributed by atoms with van der Waals surface area (Å²) in [6.07, 6.45) is 0. The molecular weight excluding hydrogens is 627 g/mol. The molecule has 0 saturated carbocycles. The summed E-state index contributed by atoms with van der Waals surface area (Å²) in [6.45, 7) is 0. The highest BCUT2D eigenvalue weighted by Gasteiger charge is 2.48. The first-order valence-corrected chi connectivity index (χ1v) is 18.8. The van der Waals surface area contributed by atoms with Crippen LogP contribution in [0.25, 0.3) is 45.3 Å². The van der Waals surface area contributed by atoms with Crippen LogP contribution in [0, 0.1) is 0 Å². The molecule has 0 unspecified atom stereocenters. The van der Waals surface area contributed by atoms with Crippen LogP contribution in [0.1, 0.15) is 0 Å². The Balaban J connectivity index is 1.25. The van der Waals surface area contributed by atoms with Crippen molar-refractivity contribution in [3.8, 4) is 56.8 Å². The molecular formula is C45H31N3OSi. The van der Waals surface area contributed by atoms with Crippen LogP contribution < -0.4 is 25.5 Å². The maximum Gasteiger partial charge on any atom is 0.188 e. The van der Waals surface area contributed by atoms with Crippen LogP contribution in [0.2, 0.25) is 0 Å². The van der Waals surface area contributed by atoms with Crippen molar-refractivity contribution < 1.29 is 4.74 Å². The summed E-state index contributed by atoms with van der Waals surface area (Å²) >= 11 is 0. The topological polar surface area (TPSA) is 47.9 Å². The molecule has 9 rings (SSSR count). The molecule has 0 fully saturated rings. The smallest absolute Gasteiger partial charge is 0.188 e. The molecule has 0 N–H and O–H groups in total. The van der Waals surface area contributed by atoms with E-state index in [1.807, 2.05) is 60.7 Å². The third kappa shape index (κ3) is 5.03. The van der Waals surface area contributed by atoms with Gasteiger partial charge in [0.25, 0.3) is 0 Å².